The predicted octanol–water partition coefficient (Wildman–Crippen LogP) is 5.07. The lowest BCUT2D eigenvalue weighted by Gasteiger charge is -2.13. The van der Waals surface area contributed by atoms with E-state index in [1.165, 1.54) is 12.3 Å². The summed E-state index contributed by atoms with van der Waals surface area (Å²) in [6, 6.07) is 5.68. The Hall–Kier alpha value is -3.91. The molecule has 0 fully saturated rings. The Morgan fingerprint density at radius 3 is 2.48 bits per heavy atom. The fourth-order valence-electron chi connectivity index (χ4n) is 4.09. The number of aryl methyl sites for hydroxylation is 2. The number of ether oxygens (including phenoxy) is 1. The molecule has 0 saturated carbocycles. The standard InChI is InChI=1S/C26H23Cl2F5N6O3/c1-38-6-5-34-23(38)25(41)35-10-13-3-4-16(27)14(22(13)28)8-21-37-17-7-15(24(40)36-12-26(31,32)33)19(42-11-20(29)30)9-18(17)39(21)2/h3-7,9,20H,8,10-12H2,1-2H3,(H,35,41)(H,36,40). The van der Waals surface area contributed by atoms with Gasteiger partial charge in [-0.15, -0.1) is 0 Å². The van der Waals surface area contributed by atoms with Crippen molar-refractivity contribution in [3.05, 3.63) is 75.0 Å². The molecule has 0 atom stereocenters. The maximum absolute atomic E-state index is 12.8. The summed E-state index contributed by atoms with van der Waals surface area (Å²) in [5, 5.41) is 5.02. The highest BCUT2D eigenvalue weighted by atomic mass is 35.5. The van der Waals surface area contributed by atoms with Crippen LogP contribution in [0, 0.1) is 0 Å². The molecule has 9 nitrogen and oxygen atoms in total. The number of nitrogens with zero attached hydrogens (tertiary/aromatic N) is 4. The molecular weight excluding hydrogens is 610 g/mol. The van der Waals surface area contributed by atoms with Crippen molar-refractivity contribution < 1.29 is 36.3 Å². The lowest BCUT2D eigenvalue weighted by Crippen LogP contribution is -2.34. The lowest BCUT2D eigenvalue weighted by molar-refractivity contribution is -0.123. The monoisotopic (exact) mass is 632 g/mol. The number of rotatable bonds is 10. The summed E-state index contributed by atoms with van der Waals surface area (Å²) in [6.07, 6.45) is -4.38. The molecule has 0 bridgehead atoms. The summed E-state index contributed by atoms with van der Waals surface area (Å²) in [7, 11) is 3.29. The van der Waals surface area contributed by atoms with Gasteiger partial charge in [-0.05, 0) is 23.3 Å². The molecule has 4 aromatic rings. The molecule has 0 aliphatic heterocycles. The van der Waals surface area contributed by atoms with Gasteiger partial charge in [0, 0.05) is 50.5 Å². The Morgan fingerprint density at radius 1 is 1.10 bits per heavy atom. The summed E-state index contributed by atoms with van der Waals surface area (Å²) >= 11 is 13.1. The Balaban J connectivity index is 1.64. The van der Waals surface area contributed by atoms with Crippen LogP contribution in [0.15, 0.2) is 36.7 Å². The van der Waals surface area contributed by atoms with Crippen molar-refractivity contribution in [3.8, 4) is 5.75 Å². The minimum Gasteiger partial charge on any atom is -0.487 e. The Bertz CT molecular complexity index is 1640. The van der Waals surface area contributed by atoms with Gasteiger partial charge in [-0.25, -0.2) is 18.7 Å². The van der Waals surface area contributed by atoms with Crippen molar-refractivity contribution in [2.75, 3.05) is 13.2 Å². The SMILES string of the molecule is Cn1ccnc1C(=O)NCc1ccc(Cl)c(Cc2nc3cc(C(=O)NCC(F)(F)F)c(OCC(F)F)cc3n2C)c1Cl. The minimum absolute atomic E-state index is 0.0679. The average Bonchev–Trinajstić information content (AvgIpc) is 3.49. The highest BCUT2D eigenvalue weighted by Gasteiger charge is 2.29. The molecule has 2 heterocycles. The highest BCUT2D eigenvalue weighted by molar-refractivity contribution is 6.36. The Kier molecular flexibility index (Phi) is 9.26. The maximum atomic E-state index is 12.8. The van der Waals surface area contributed by atoms with Crippen LogP contribution < -0.4 is 15.4 Å². The summed E-state index contributed by atoms with van der Waals surface area (Å²) in [6.45, 7) is -2.63. The second-order valence-electron chi connectivity index (χ2n) is 9.14. The molecule has 4 rings (SSSR count). The van der Waals surface area contributed by atoms with Crippen molar-refractivity contribution >= 4 is 46.0 Å². The molecule has 2 aromatic heterocycles. The highest BCUT2D eigenvalue weighted by Crippen LogP contribution is 2.32. The molecular formula is C26H23Cl2F5N6O3. The van der Waals surface area contributed by atoms with Crippen molar-refractivity contribution in [1.29, 1.82) is 0 Å². The van der Waals surface area contributed by atoms with Gasteiger partial charge in [0.1, 0.15) is 24.7 Å². The molecule has 0 radical (unpaired) electrons. The third-order valence-corrected chi connectivity index (χ3v) is 7.02. The molecule has 0 saturated heterocycles. The smallest absolute Gasteiger partial charge is 0.405 e. The van der Waals surface area contributed by atoms with Crippen molar-refractivity contribution in [2.45, 2.75) is 25.6 Å². The summed E-state index contributed by atoms with van der Waals surface area (Å²) in [5.41, 5.74) is 1.19. The van der Waals surface area contributed by atoms with Crippen LogP contribution in [0.4, 0.5) is 22.0 Å². The van der Waals surface area contributed by atoms with Crippen LogP contribution in [0.1, 0.15) is 37.9 Å². The molecule has 2 amide bonds. The van der Waals surface area contributed by atoms with E-state index in [1.54, 1.807) is 46.9 Å². The van der Waals surface area contributed by atoms with Gasteiger partial charge >= 0.3 is 6.18 Å². The van der Waals surface area contributed by atoms with Gasteiger partial charge in [-0.1, -0.05) is 29.3 Å². The van der Waals surface area contributed by atoms with Gasteiger partial charge in [0.2, 0.25) is 0 Å². The van der Waals surface area contributed by atoms with E-state index in [4.69, 9.17) is 27.9 Å². The zero-order chi connectivity index (χ0) is 30.8. The predicted molar refractivity (Wildman–Crippen MR) is 144 cm³/mol. The normalized spacial score (nSPS) is 11.8. The number of carbonyl (C=O) groups excluding carboxylic acids is 2. The Morgan fingerprint density at radius 2 is 1.83 bits per heavy atom. The number of fused-ring (bicyclic) bond motifs is 1. The first kappa shape index (κ1) is 31.0. The first-order valence-electron chi connectivity index (χ1n) is 12.2. The second kappa shape index (κ2) is 12.5. The molecule has 0 unspecified atom stereocenters. The van der Waals surface area contributed by atoms with E-state index >= 15 is 0 Å². The number of alkyl halides is 5. The molecule has 0 spiro atoms. The van der Waals surface area contributed by atoms with E-state index in [2.05, 4.69) is 15.3 Å². The van der Waals surface area contributed by atoms with E-state index in [-0.39, 0.29) is 35.1 Å². The molecule has 42 heavy (non-hydrogen) atoms. The summed E-state index contributed by atoms with van der Waals surface area (Å²) in [5.74, 6) is -1.32. The van der Waals surface area contributed by atoms with Gasteiger partial charge < -0.3 is 24.5 Å². The van der Waals surface area contributed by atoms with Crippen LogP contribution in [-0.4, -0.2) is 56.7 Å². The number of aromatic nitrogens is 4. The second-order valence-corrected chi connectivity index (χ2v) is 9.93. The van der Waals surface area contributed by atoms with E-state index in [1.807, 2.05) is 0 Å². The molecule has 0 aliphatic rings. The molecule has 16 heteroatoms. The third kappa shape index (κ3) is 7.10. The molecule has 2 N–H and O–H groups in total. The number of hydrogen-bond acceptors (Lipinski definition) is 5. The quantitative estimate of drug-likeness (QED) is 0.238. The van der Waals surface area contributed by atoms with Crippen LogP contribution in [-0.2, 0) is 27.1 Å². The van der Waals surface area contributed by atoms with E-state index in [9.17, 15) is 31.5 Å². The first-order chi connectivity index (χ1) is 19.7. The maximum Gasteiger partial charge on any atom is 0.405 e. The Labute approximate surface area is 245 Å². The summed E-state index contributed by atoms with van der Waals surface area (Å²) < 4.78 is 71.9. The number of imidazole rings is 2. The van der Waals surface area contributed by atoms with Crippen LogP contribution in [0.2, 0.25) is 10.0 Å². The summed E-state index contributed by atoms with van der Waals surface area (Å²) in [4.78, 5) is 33.5. The minimum atomic E-state index is -4.68. The zero-order valence-corrected chi connectivity index (χ0v) is 23.5. The van der Waals surface area contributed by atoms with Gasteiger partial charge in [0.05, 0.1) is 21.6 Å². The number of amides is 2. The van der Waals surface area contributed by atoms with Gasteiger partial charge in [-0.2, -0.15) is 13.2 Å². The number of nitrogens with one attached hydrogen (secondary N) is 2. The fourth-order valence-corrected chi connectivity index (χ4v) is 4.67. The lowest BCUT2D eigenvalue weighted by atomic mass is 10.1. The van der Waals surface area contributed by atoms with Crippen molar-refractivity contribution in [3.63, 3.8) is 0 Å². The zero-order valence-electron chi connectivity index (χ0n) is 22.0. The number of carbonyl (C=O) groups is 2. The van der Waals surface area contributed by atoms with Crippen molar-refractivity contribution in [2.24, 2.45) is 14.1 Å². The molecule has 2 aromatic carbocycles. The number of halogens is 7. The van der Waals surface area contributed by atoms with E-state index in [0.29, 0.717) is 27.5 Å². The van der Waals surface area contributed by atoms with Gasteiger partial charge in [-0.3, -0.25) is 9.59 Å². The fraction of sp³-hybridized carbons (Fsp3) is 0.308. The molecule has 0 aliphatic carbocycles. The largest absolute Gasteiger partial charge is 0.487 e. The van der Waals surface area contributed by atoms with Gasteiger partial charge in [0.15, 0.2) is 5.82 Å². The molecule has 224 valence electrons. The first-order valence-corrected chi connectivity index (χ1v) is 13.0. The van der Waals surface area contributed by atoms with Crippen LogP contribution >= 0.6 is 23.2 Å². The van der Waals surface area contributed by atoms with Crippen LogP contribution in [0.5, 0.6) is 5.75 Å². The number of hydrogen-bond donors (Lipinski definition) is 2. The van der Waals surface area contributed by atoms with Crippen LogP contribution in [0.3, 0.4) is 0 Å². The van der Waals surface area contributed by atoms with Gasteiger partial charge in [0.25, 0.3) is 18.2 Å². The van der Waals surface area contributed by atoms with Crippen LogP contribution in [0.25, 0.3) is 11.0 Å². The van der Waals surface area contributed by atoms with E-state index in [0.717, 1.165) is 6.07 Å². The topological polar surface area (TPSA) is 103 Å². The van der Waals surface area contributed by atoms with Crippen molar-refractivity contribution in [1.82, 2.24) is 29.7 Å². The third-order valence-electron chi connectivity index (χ3n) is 6.20. The number of benzene rings is 2. The van der Waals surface area contributed by atoms with E-state index < -0.39 is 43.1 Å². The average molecular weight is 633 g/mol.